The Balaban J connectivity index is 1.38. The van der Waals surface area contributed by atoms with Crippen molar-refractivity contribution < 1.29 is 18.7 Å². The second-order valence-electron chi connectivity index (χ2n) is 7.08. The summed E-state index contributed by atoms with van der Waals surface area (Å²) < 4.78 is 25.7. The van der Waals surface area contributed by atoms with E-state index in [4.69, 9.17) is 9.47 Å². The molecule has 0 saturated carbocycles. The molecule has 4 rings (SSSR count). The summed E-state index contributed by atoms with van der Waals surface area (Å²) in [6, 6.07) is 8.33. The summed E-state index contributed by atoms with van der Waals surface area (Å²) >= 11 is 0. The molecule has 26 heavy (non-hydrogen) atoms. The first-order valence-corrected chi connectivity index (χ1v) is 8.81. The van der Waals surface area contributed by atoms with Gasteiger partial charge in [-0.3, -0.25) is 9.78 Å². The van der Waals surface area contributed by atoms with Gasteiger partial charge in [-0.1, -0.05) is 6.07 Å². The number of carbonyl (C=O) groups is 1. The first-order valence-electron chi connectivity index (χ1n) is 8.81. The summed E-state index contributed by atoms with van der Waals surface area (Å²) in [6.07, 6.45) is 5.00. The number of amides is 1. The highest BCUT2D eigenvalue weighted by Crippen LogP contribution is 2.36. The molecule has 0 N–H and O–H groups in total. The Kier molecular flexibility index (Phi) is 4.36. The summed E-state index contributed by atoms with van der Waals surface area (Å²) in [5, 5.41) is 0. The number of hydrogen-bond acceptors (Lipinski definition) is 4. The molecule has 1 aromatic carbocycles. The zero-order valence-corrected chi connectivity index (χ0v) is 14.7. The second kappa shape index (κ2) is 6.68. The van der Waals surface area contributed by atoms with Crippen LogP contribution in [-0.4, -0.2) is 47.2 Å². The number of carbonyl (C=O) groups excluding carboxylic acids is 1. The molecule has 0 unspecified atom stereocenters. The van der Waals surface area contributed by atoms with E-state index >= 15 is 0 Å². The largest absolute Gasteiger partial charge is 0.489 e. The lowest BCUT2D eigenvalue weighted by atomic mass is 9.84. The lowest BCUT2D eigenvalue weighted by Gasteiger charge is -2.52. The van der Waals surface area contributed by atoms with E-state index in [2.05, 4.69) is 4.98 Å². The Hall–Kier alpha value is -2.47. The number of benzene rings is 1. The topological polar surface area (TPSA) is 51.7 Å². The van der Waals surface area contributed by atoms with Crippen molar-refractivity contribution in [3.05, 3.63) is 59.7 Å². The standard InChI is InChI=1S/C20H21FN2O3/c1-14-4-5-15(9-18(14)21)19(24)23-12-20(13-23)10-16(6-8-25-20)26-17-3-2-7-22-11-17/h2-5,7,9,11,16H,6,8,10,12-13H2,1H3/t16-/m0/s1. The molecule has 2 saturated heterocycles. The summed E-state index contributed by atoms with van der Waals surface area (Å²) in [5.74, 6) is 0.232. The van der Waals surface area contributed by atoms with Crippen molar-refractivity contribution in [2.75, 3.05) is 19.7 Å². The number of likely N-dealkylation sites (tertiary alicyclic amines) is 1. The quantitative estimate of drug-likeness (QED) is 0.848. The van der Waals surface area contributed by atoms with E-state index in [-0.39, 0.29) is 23.4 Å². The van der Waals surface area contributed by atoms with E-state index in [0.717, 1.165) is 18.6 Å². The van der Waals surface area contributed by atoms with Gasteiger partial charge in [0, 0.05) is 24.6 Å². The zero-order valence-electron chi connectivity index (χ0n) is 14.7. The Morgan fingerprint density at radius 1 is 1.38 bits per heavy atom. The molecule has 2 aliphatic rings. The molecule has 5 nitrogen and oxygen atoms in total. The molecule has 136 valence electrons. The predicted octanol–water partition coefficient (Wildman–Crippen LogP) is 2.98. The molecule has 2 aromatic rings. The van der Waals surface area contributed by atoms with E-state index in [9.17, 15) is 9.18 Å². The van der Waals surface area contributed by atoms with Crippen LogP contribution in [0.3, 0.4) is 0 Å². The summed E-state index contributed by atoms with van der Waals surface area (Å²) in [4.78, 5) is 18.3. The minimum atomic E-state index is -0.357. The van der Waals surface area contributed by atoms with Gasteiger partial charge in [-0.05, 0) is 36.8 Å². The van der Waals surface area contributed by atoms with Gasteiger partial charge >= 0.3 is 0 Å². The summed E-state index contributed by atoms with van der Waals surface area (Å²) in [7, 11) is 0. The SMILES string of the molecule is Cc1ccc(C(=O)N2CC3(C[C@@H](Oc4cccnc4)CCO3)C2)cc1F. The molecule has 1 aromatic heterocycles. The number of aromatic nitrogens is 1. The van der Waals surface area contributed by atoms with Gasteiger partial charge in [0.1, 0.15) is 23.3 Å². The van der Waals surface area contributed by atoms with Crippen molar-refractivity contribution in [1.29, 1.82) is 0 Å². The molecular weight excluding hydrogens is 335 g/mol. The highest BCUT2D eigenvalue weighted by molar-refractivity contribution is 5.95. The number of aryl methyl sites for hydroxylation is 1. The fourth-order valence-electron chi connectivity index (χ4n) is 3.61. The molecular formula is C20H21FN2O3. The van der Waals surface area contributed by atoms with Gasteiger partial charge in [0.05, 0.1) is 25.9 Å². The van der Waals surface area contributed by atoms with E-state index in [1.165, 1.54) is 6.07 Å². The second-order valence-corrected chi connectivity index (χ2v) is 7.08. The average Bonchev–Trinajstić information content (AvgIpc) is 2.62. The molecule has 6 heteroatoms. The predicted molar refractivity (Wildman–Crippen MR) is 93.6 cm³/mol. The zero-order chi connectivity index (χ0) is 18.1. The molecule has 3 heterocycles. The van der Waals surface area contributed by atoms with Gasteiger partial charge in [0.2, 0.25) is 0 Å². The van der Waals surface area contributed by atoms with Gasteiger partial charge in [-0.25, -0.2) is 4.39 Å². The smallest absolute Gasteiger partial charge is 0.254 e. The number of halogens is 1. The number of rotatable bonds is 3. The average molecular weight is 356 g/mol. The lowest BCUT2D eigenvalue weighted by molar-refractivity contribution is -0.173. The van der Waals surface area contributed by atoms with Gasteiger partial charge in [-0.2, -0.15) is 0 Å². The normalized spacial score (nSPS) is 21.3. The van der Waals surface area contributed by atoms with Crippen LogP contribution < -0.4 is 4.74 Å². The van der Waals surface area contributed by atoms with Crippen molar-refractivity contribution in [3.63, 3.8) is 0 Å². The Morgan fingerprint density at radius 3 is 2.96 bits per heavy atom. The van der Waals surface area contributed by atoms with Crippen LogP contribution in [0.25, 0.3) is 0 Å². The van der Waals surface area contributed by atoms with Crippen LogP contribution in [0, 0.1) is 12.7 Å². The molecule has 0 aliphatic carbocycles. The van der Waals surface area contributed by atoms with Crippen molar-refractivity contribution in [2.45, 2.75) is 31.5 Å². The summed E-state index contributed by atoms with van der Waals surface area (Å²) in [6.45, 7) is 3.30. The highest BCUT2D eigenvalue weighted by Gasteiger charge is 2.50. The lowest BCUT2D eigenvalue weighted by Crippen LogP contribution is -2.67. The third-order valence-electron chi connectivity index (χ3n) is 5.05. The number of ether oxygens (including phenoxy) is 2. The highest BCUT2D eigenvalue weighted by atomic mass is 19.1. The Morgan fingerprint density at radius 2 is 2.23 bits per heavy atom. The first-order chi connectivity index (χ1) is 12.5. The maximum atomic E-state index is 13.7. The third-order valence-corrected chi connectivity index (χ3v) is 5.05. The Labute approximate surface area is 151 Å². The number of nitrogens with zero attached hydrogens (tertiary/aromatic N) is 2. The first kappa shape index (κ1) is 17.0. The third kappa shape index (κ3) is 3.29. The maximum absolute atomic E-state index is 13.7. The minimum absolute atomic E-state index is 0.0435. The van der Waals surface area contributed by atoms with Crippen LogP contribution in [0.4, 0.5) is 4.39 Å². The van der Waals surface area contributed by atoms with Crippen LogP contribution in [0.5, 0.6) is 5.75 Å². The fraction of sp³-hybridized carbons (Fsp3) is 0.400. The van der Waals surface area contributed by atoms with E-state index in [1.54, 1.807) is 36.4 Å². The van der Waals surface area contributed by atoms with Crippen molar-refractivity contribution in [3.8, 4) is 5.75 Å². The van der Waals surface area contributed by atoms with Crippen molar-refractivity contribution >= 4 is 5.91 Å². The van der Waals surface area contributed by atoms with Gasteiger partial charge in [0.25, 0.3) is 5.91 Å². The maximum Gasteiger partial charge on any atom is 0.254 e. The van der Waals surface area contributed by atoms with Crippen LogP contribution >= 0.6 is 0 Å². The molecule has 2 fully saturated rings. The van der Waals surface area contributed by atoms with E-state index in [0.29, 0.717) is 30.8 Å². The van der Waals surface area contributed by atoms with E-state index < -0.39 is 0 Å². The molecule has 0 bridgehead atoms. The van der Waals surface area contributed by atoms with Crippen LogP contribution in [-0.2, 0) is 4.74 Å². The molecule has 1 spiro atoms. The number of hydrogen-bond donors (Lipinski definition) is 0. The fourth-order valence-corrected chi connectivity index (χ4v) is 3.61. The van der Waals surface area contributed by atoms with Gasteiger partial charge < -0.3 is 14.4 Å². The molecule has 2 aliphatic heterocycles. The van der Waals surface area contributed by atoms with Crippen molar-refractivity contribution in [1.82, 2.24) is 9.88 Å². The van der Waals surface area contributed by atoms with Gasteiger partial charge in [-0.15, -0.1) is 0 Å². The van der Waals surface area contributed by atoms with Crippen LogP contribution in [0.2, 0.25) is 0 Å². The monoisotopic (exact) mass is 356 g/mol. The summed E-state index contributed by atoms with van der Waals surface area (Å²) in [5.41, 5.74) is 0.555. The van der Waals surface area contributed by atoms with Crippen LogP contribution in [0.15, 0.2) is 42.7 Å². The van der Waals surface area contributed by atoms with Crippen molar-refractivity contribution in [2.24, 2.45) is 0 Å². The number of pyridine rings is 1. The minimum Gasteiger partial charge on any atom is -0.489 e. The van der Waals surface area contributed by atoms with E-state index in [1.807, 2.05) is 12.1 Å². The molecule has 1 amide bonds. The molecule has 0 radical (unpaired) electrons. The molecule has 1 atom stereocenters. The van der Waals surface area contributed by atoms with Gasteiger partial charge in [0.15, 0.2) is 0 Å². The Bertz CT molecular complexity index is 806. The van der Waals surface area contributed by atoms with Crippen LogP contribution in [0.1, 0.15) is 28.8 Å².